The summed E-state index contributed by atoms with van der Waals surface area (Å²) < 4.78 is 1.52. The summed E-state index contributed by atoms with van der Waals surface area (Å²) in [6, 6.07) is 0.0131. The molecule has 1 aromatic rings. The van der Waals surface area contributed by atoms with Gasteiger partial charge in [0.15, 0.2) is 0 Å². The fourth-order valence-corrected chi connectivity index (χ4v) is 1.79. The van der Waals surface area contributed by atoms with Crippen LogP contribution in [-0.4, -0.2) is 27.3 Å². The van der Waals surface area contributed by atoms with Gasteiger partial charge >= 0.3 is 5.69 Å². The zero-order valence-electron chi connectivity index (χ0n) is 11.3. The van der Waals surface area contributed by atoms with E-state index >= 15 is 0 Å². The molecule has 1 unspecified atom stereocenters. The smallest absolute Gasteiger partial charge is 0.334 e. The molecule has 1 rings (SSSR count). The number of hydrogen-bond donors (Lipinski definition) is 2. The van der Waals surface area contributed by atoms with Gasteiger partial charge in [-0.2, -0.15) is 5.10 Å². The Morgan fingerprint density at radius 2 is 2.17 bits per heavy atom. The van der Waals surface area contributed by atoms with E-state index in [0.29, 0.717) is 18.1 Å². The molecule has 0 bridgehead atoms. The monoisotopic (exact) mass is 255 g/mol. The molecule has 0 aliphatic rings. The van der Waals surface area contributed by atoms with Crippen LogP contribution in [0.4, 0.5) is 11.5 Å². The summed E-state index contributed by atoms with van der Waals surface area (Å²) in [7, 11) is 1.70. The Kier molecular flexibility index (Phi) is 4.66. The van der Waals surface area contributed by atoms with Crippen LogP contribution < -0.4 is 11.1 Å². The van der Waals surface area contributed by atoms with Crippen LogP contribution in [0.1, 0.15) is 38.8 Å². The minimum absolute atomic E-state index is 0.00473. The normalized spacial score (nSPS) is 12.8. The molecule has 0 saturated carbocycles. The van der Waals surface area contributed by atoms with Gasteiger partial charge in [-0.25, -0.2) is 4.68 Å². The molecule has 0 saturated heterocycles. The van der Waals surface area contributed by atoms with Crippen molar-refractivity contribution in [2.75, 3.05) is 11.9 Å². The van der Waals surface area contributed by atoms with Gasteiger partial charge in [0.05, 0.1) is 4.92 Å². The minimum Gasteiger partial charge on any atom is -0.361 e. The molecule has 7 nitrogen and oxygen atoms in total. The van der Waals surface area contributed by atoms with Crippen molar-refractivity contribution >= 4 is 11.5 Å². The summed E-state index contributed by atoms with van der Waals surface area (Å²) >= 11 is 0. The third-order valence-electron chi connectivity index (χ3n) is 2.90. The average molecular weight is 255 g/mol. The minimum atomic E-state index is -0.381. The second kappa shape index (κ2) is 5.81. The van der Waals surface area contributed by atoms with Crippen LogP contribution in [0.25, 0.3) is 0 Å². The highest BCUT2D eigenvalue weighted by Gasteiger charge is 2.29. The van der Waals surface area contributed by atoms with Gasteiger partial charge in [0.2, 0.25) is 5.82 Å². The second-order valence-electron chi connectivity index (χ2n) is 4.60. The van der Waals surface area contributed by atoms with E-state index in [-0.39, 0.29) is 22.6 Å². The fourth-order valence-electron chi connectivity index (χ4n) is 1.79. The van der Waals surface area contributed by atoms with Gasteiger partial charge in [0.25, 0.3) is 0 Å². The van der Waals surface area contributed by atoms with Crippen LogP contribution in [0, 0.1) is 10.1 Å². The quantitative estimate of drug-likeness (QED) is 0.594. The number of aromatic nitrogens is 2. The first-order chi connectivity index (χ1) is 8.42. The predicted molar refractivity (Wildman–Crippen MR) is 70.7 cm³/mol. The highest BCUT2D eigenvalue weighted by atomic mass is 16.6. The lowest BCUT2D eigenvalue weighted by atomic mass is 10.1. The van der Waals surface area contributed by atoms with Crippen LogP contribution in [0.5, 0.6) is 0 Å². The summed E-state index contributed by atoms with van der Waals surface area (Å²) in [5.74, 6) is 0.436. The number of hydrogen-bond acceptors (Lipinski definition) is 5. The Hall–Kier alpha value is -1.63. The molecule has 0 radical (unpaired) electrons. The Labute approximate surface area is 107 Å². The lowest BCUT2D eigenvalue weighted by molar-refractivity contribution is -0.384. The molecule has 0 aliphatic heterocycles. The molecule has 1 heterocycles. The third-order valence-corrected chi connectivity index (χ3v) is 2.90. The third kappa shape index (κ3) is 2.79. The number of rotatable bonds is 6. The molecule has 0 fully saturated rings. The summed E-state index contributed by atoms with van der Waals surface area (Å²) in [4.78, 5) is 10.8. The molecule has 7 heteroatoms. The van der Waals surface area contributed by atoms with Gasteiger partial charge in [-0.1, -0.05) is 20.8 Å². The van der Waals surface area contributed by atoms with Gasteiger partial charge in [-0.3, -0.25) is 10.1 Å². The Morgan fingerprint density at radius 3 is 2.56 bits per heavy atom. The highest BCUT2D eigenvalue weighted by Crippen LogP contribution is 2.33. The molecule has 0 aromatic carbocycles. The molecule has 102 valence electrons. The molecular formula is C11H21N5O2. The zero-order valence-corrected chi connectivity index (χ0v) is 11.3. The van der Waals surface area contributed by atoms with Gasteiger partial charge in [-0.15, -0.1) is 0 Å². The Morgan fingerprint density at radius 1 is 1.56 bits per heavy atom. The summed E-state index contributed by atoms with van der Waals surface area (Å²) in [6.07, 6.45) is 0.801. The van der Waals surface area contributed by atoms with Gasteiger partial charge in [0, 0.05) is 25.6 Å². The van der Waals surface area contributed by atoms with Crippen molar-refractivity contribution < 1.29 is 4.92 Å². The van der Waals surface area contributed by atoms with E-state index in [0.717, 1.165) is 6.42 Å². The molecular weight excluding hydrogens is 234 g/mol. The SMILES string of the molecule is CCC(CN)Nc1c([N+](=O)[O-])c(C(C)C)nn1C. The number of anilines is 1. The van der Waals surface area contributed by atoms with Crippen molar-refractivity contribution in [2.24, 2.45) is 12.8 Å². The predicted octanol–water partition coefficient (Wildman–Crippen LogP) is 1.60. The van der Waals surface area contributed by atoms with E-state index in [4.69, 9.17) is 5.73 Å². The Bertz CT molecular complexity index is 423. The molecule has 3 N–H and O–H groups in total. The van der Waals surface area contributed by atoms with Gasteiger partial charge in [0.1, 0.15) is 5.69 Å². The standard InChI is InChI=1S/C11H21N5O2/c1-5-8(6-12)13-11-10(16(17)18)9(7(2)3)14-15(11)4/h7-8,13H,5-6,12H2,1-4H3. The van der Waals surface area contributed by atoms with Crippen molar-refractivity contribution in [3.63, 3.8) is 0 Å². The molecule has 1 atom stereocenters. The second-order valence-corrected chi connectivity index (χ2v) is 4.60. The van der Waals surface area contributed by atoms with E-state index in [1.54, 1.807) is 7.05 Å². The van der Waals surface area contributed by atoms with E-state index in [1.807, 2.05) is 20.8 Å². The summed E-state index contributed by atoms with van der Waals surface area (Å²) in [5.41, 5.74) is 6.16. The van der Waals surface area contributed by atoms with E-state index in [9.17, 15) is 10.1 Å². The first-order valence-corrected chi connectivity index (χ1v) is 6.10. The van der Waals surface area contributed by atoms with Crippen LogP contribution >= 0.6 is 0 Å². The van der Waals surface area contributed by atoms with Crippen molar-refractivity contribution in [1.82, 2.24) is 9.78 Å². The van der Waals surface area contributed by atoms with Gasteiger partial charge in [-0.05, 0) is 6.42 Å². The Balaban J connectivity index is 3.21. The lowest BCUT2D eigenvalue weighted by Gasteiger charge is -2.15. The van der Waals surface area contributed by atoms with Gasteiger partial charge < -0.3 is 11.1 Å². The number of nitro groups is 1. The zero-order chi connectivity index (χ0) is 13.9. The maximum atomic E-state index is 11.2. The molecule has 18 heavy (non-hydrogen) atoms. The fraction of sp³-hybridized carbons (Fsp3) is 0.727. The van der Waals surface area contributed by atoms with Crippen molar-refractivity contribution in [2.45, 2.75) is 39.2 Å². The molecule has 0 amide bonds. The van der Waals surface area contributed by atoms with Crippen molar-refractivity contribution in [3.05, 3.63) is 15.8 Å². The number of nitrogens with one attached hydrogen (secondary N) is 1. The van der Waals surface area contributed by atoms with Crippen molar-refractivity contribution in [3.8, 4) is 0 Å². The largest absolute Gasteiger partial charge is 0.361 e. The van der Waals surface area contributed by atoms with Crippen molar-refractivity contribution in [1.29, 1.82) is 0 Å². The topological polar surface area (TPSA) is 99.0 Å². The average Bonchev–Trinajstić information content (AvgIpc) is 2.63. The van der Waals surface area contributed by atoms with Crippen LogP contribution in [-0.2, 0) is 7.05 Å². The lowest BCUT2D eigenvalue weighted by Crippen LogP contribution is -2.29. The molecule has 0 spiro atoms. The van der Waals surface area contributed by atoms with Crippen LogP contribution in [0.15, 0.2) is 0 Å². The summed E-state index contributed by atoms with van der Waals surface area (Å²) in [6.45, 7) is 6.19. The number of aryl methyl sites for hydroxylation is 1. The maximum Gasteiger partial charge on any atom is 0.334 e. The molecule has 1 aromatic heterocycles. The number of nitrogens with zero attached hydrogens (tertiary/aromatic N) is 3. The highest BCUT2D eigenvalue weighted by molar-refractivity contribution is 5.61. The first-order valence-electron chi connectivity index (χ1n) is 6.10. The van der Waals surface area contributed by atoms with E-state index in [2.05, 4.69) is 10.4 Å². The number of nitrogens with two attached hydrogens (primary N) is 1. The summed E-state index contributed by atoms with van der Waals surface area (Å²) in [5, 5.41) is 18.5. The maximum absolute atomic E-state index is 11.2. The van der Waals surface area contributed by atoms with Crippen LogP contribution in [0.3, 0.4) is 0 Å². The van der Waals surface area contributed by atoms with E-state index < -0.39 is 0 Å². The van der Waals surface area contributed by atoms with E-state index in [1.165, 1.54) is 4.68 Å². The van der Waals surface area contributed by atoms with Crippen LogP contribution in [0.2, 0.25) is 0 Å². The molecule has 0 aliphatic carbocycles. The first kappa shape index (κ1) is 14.4.